The fourth-order valence-electron chi connectivity index (χ4n) is 1.78. The van der Waals surface area contributed by atoms with Crippen LogP contribution in [0, 0.1) is 5.92 Å². The van der Waals surface area contributed by atoms with Crippen molar-refractivity contribution >= 4 is 0 Å². The second-order valence-electron chi connectivity index (χ2n) is 4.50. The minimum absolute atomic E-state index is 0.284. The van der Waals surface area contributed by atoms with Crippen LogP contribution in [0.1, 0.15) is 32.5 Å². The Kier molecular flexibility index (Phi) is 5.43. The quantitative estimate of drug-likeness (QED) is 0.802. The van der Waals surface area contributed by atoms with Crippen molar-refractivity contribution < 1.29 is 4.74 Å². The first-order valence-electron chi connectivity index (χ1n) is 5.81. The largest absolute Gasteiger partial charge is 0.383 e. The summed E-state index contributed by atoms with van der Waals surface area (Å²) in [6.45, 7) is 7.25. The van der Waals surface area contributed by atoms with Crippen molar-refractivity contribution in [3.63, 3.8) is 0 Å². The van der Waals surface area contributed by atoms with Crippen LogP contribution in [0.25, 0.3) is 0 Å². The van der Waals surface area contributed by atoms with E-state index in [4.69, 9.17) is 4.74 Å². The van der Waals surface area contributed by atoms with E-state index in [-0.39, 0.29) is 6.04 Å². The van der Waals surface area contributed by atoms with E-state index >= 15 is 0 Å². The van der Waals surface area contributed by atoms with E-state index in [1.54, 1.807) is 7.11 Å². The van der Waals surface area contributed by atoms with Crippen molar-refractivity contribution in [3.05, 3.63) is 30.1 Å². The Bertz CT molecular complexity index is 287. The molecule has 0 aromatic carbocycles. The van der Waals surface area contributed by atoms with Crippen LogP contribution in [0.4, 0.5) is 0 Å². The zero-order valence-corrected chi connectivity index (χ0v) is 10.6. The van der Waals surface area contributed by atoms with Crippen LogP contribution in [-0.4, -0.2) is 24.7 Å². The standard InChI is InChI=1S/C13H22N2O/c1-10(2)13(15-11(3)9-16-4)12-7-5-6-8-14-12/h5-8,10-11,13,15H,9H2,1-4H3. The predicted octanol–water partition coefficient (Wildman–Crippen LogP) is 2.40. The molecule has 0 radical (unpaired) electrons. The first-order valence-corrected chi connectivity index (χ1v) is 5.81. The molecule has 0 aliphatic heterocycles. The maximum absolute atomic E-state index is 5.14. The van der Waals surface area contributed by atoms with Crippen LogP contribution in [0.3, 0.4) is 0 Å². The monoisotopic (exact) mass is 222 g/mol. The molecular formula is C13H22N2O. The lowest BCUT2D eigenvalue weighted by atomic mass is 9.99. The average molecular weight is 222 g/mol. The molecule has 1 rings (SSSR count). The van der Waals surface area contributed by atoms with Crippen LogP contribution < -0.4 is 5.32 Å². The molecule has 1 aromatic rings. The minimum atomic E-state index is 0.284. The fourth-order valence-corrected chi connectivity index (χ4v) is 1.78. The van der Waals surface area contributed by atoms with Crippen LogP contribution in [-0.2, 0) is 4.74 Å². The van der Waals surface area contributed by atoms with E-state index in [1.807, 2.05) is 18.3 Å². The molecule has 0 fully saturated rings. The number of rotatable bonds is 6. The molecule has 0 spiro atoms. The van der Waals surface area contributed by atoms with Gasteiger partial charge in [0.15, 0.2) is 0 Å². The second-order valence-corrected chi connectivity index (χ2v) is 4.50. The summed E-state index contributed by atoms with van der Waals surface area (Å²) in [6, 6.07) is 6.66. The van der Waals surface area contributed by atoms with Gasteiger partial charge >= 0.3 is 0 Å². The van der Waals surface area contributed by atoms with Gasteiger partial charge < -0.3 is 10.1 Å². The number of hydrogen-bond donors (Lipinski definition) is 1. The van der Waals surface area contributed by atoms with Gasteiger partial charge in [0.05, 0.1) is 18.3 Å². The Morgan fingerprint density at radius 1 is 1.31 bits per heavy atom. The molecule has 90 valence electrons. The van der Waals surface area contributed by atoms with Gasteiger partial charge in [0.1, 0.15) is 0 Å². The van der Waals surface area contributed by atoms with Gasteiger partial charge in [-0.1, -0.05) is 19.9 Å². The lowest BCUT2D eigenvalue weighted by Gasteiger charge is -2.25. The Labute approximate surface area is 98.2 Å². The summed E-state index contributed by atoms with van der Waals surface area (Å²) in [5, 5.41) is 3.55. The Morgan fingerprint density at radius 2 is 2.06 bits per heavy atom. The molecule has 3 heteroatoms. The molecule has 16 heavy (non-hydrogen) atoms. The summed E-state index contributed by atoms with van der Waals surface area (Å²) in [5.41, 5.74) is 1.10. The summed E-state index contributed by atoms with van der Waals surface area (Å²) in [6.07, 6.45) is 1.84. The highest BCUT2D eigenvalue weighted by Gasteiger charge is 2.18. The topological polar surface area (TPSA) is 34.1 Å². The van der Waals surface area contributed by atoms with Crippen LogP contribution in [0.15, 0.2) is 24.4 Å². The van der Waals surface area contributed by atoms with E-state index in [2.05, 4.69) is 37.1 Å². The number of ether oxygens (including phenoxy) is 1. The zero-order valence-electron chi connectivity index (χ0n) is 10.6. The summed E-state index contributed by atoms with van der Waals surface area (Å²) in [7, 11) is 1.73. The Hall–Kier alpha value is -0.930. The van der Waals surface area contributed by atoms with Gasteiger partial charge in [-0.2, -0.15) is 0 Å². The van der Waals surface area contributed by atoms with E-state index in [0.717, 1.165) is 12.3 Å². The van der Waals surface area contributed by atoms with Gasteiger partial charge in [-0.15, -0.1) is 0 Å². The maximum Gasteiger partial charge on any atom is 0.0613 e. The molecule has 1 aromatic heterocycles. The lowest BCUT2D eigenvalue weighted by molar-refractivity contribution is 0.161. The van der Waals surface area contributed by atoms with E-state index in [1.165, 1.54) is 0 Å². The van der Waals surface area contributed by atoms with Gasteiger partial charge in [0, 0.05) is 19.3 Å². The van der Waals surface area contributed by atoms with Gasteiger partial charge in [-0.05, 0) is 25.0 Å². The first-order chi connectivity index (χ1) is 7.65. The minimum Gasteiger partial charge on any atom is -0.383 e. The van der Waals surface area contributed by atoms with Gasteiger partial charge in [-0.3, -0.25) is 4.98 Å². The predicted molar refractivity (Wildman–Crippen MR) is 66.3 cm³/mol. The maximum atomic E-state index is 5.14. The molecule has 0 saturated carbocycles. The van der Waals surface area contributed by atoms with Gasteiger partial charge in [0.25, 0.3) is 0 Å². The molecule has 0 aliphatic rings. The van der Waals surface area contributed by atoms with Crippen LogP contribution >= 0.6 is 0 Å². The highest BCUT2D eigenvalue weighted by Crippen LogP contribution is 2.19. The van der Waals surface area contributed by atoms with Crippen LogP contribution in [0.2, 0.25) is 0 Å². The first kappa shape index (κ1) is 13.1. The van der Waals surface area contributed by atoms with E-state index in [0.29, 0.717) is 12.0 Å². The molecule has 2 unspecified atom stereocenters. The van der Waals surface area contributed by atoms with Crippen molar-refractivity contribution in [1.82, 2.24) is 10.3 Å². The number of nitrogens with zero attached hydrogens (tertiary/aromatic N) is 1. The number of pyridine rings is 1. The molecule has 0 bridgehead atoms. The van der Waals surface area contributed by atoms with Gasteiger partial charge in [-0.25, -0.2) is 0 Å². The Balaban J connectivity index is 2.69. The van der Waals surface area contributed by atoms with Crippen molar-refractivity contribution in [2.24, 2.45) is 5.92 Å². The normalized spacial score (nSPS) is 15.1. The van der Waals surface area contributed by atoms with E-state index in [9.17, 15) is 0 Å². The van der Waals surface area contributed by atoms with E-state index < -0.39 is 0 Å². The summed E-state index contributed by atoms with van der Waals surface area (Å²) >= 11 is 0. The summed E-state index contributed by atoms with van der Waals surface area (Å²) in [5.74, 6) is 0.509. The molecule has 0 aliphatic carbocycles. The molecular weight excluding hydrogens is 200 g/mol. The van der Waals surface area contributed by atoms with Crippen molar-refractivity contribution in [2.75, 3.05) is 13.7 Å². The summed E-state index contributed by atoms with van der Waals surface area (Å²) < 4.78 is 5.14. The van der Waals surface area contributed by atoms with Crippen LogP contribution in [0.5, 0.6) is 0 Å². The molecule has 1 N–H and O–H groups in total. The number of aromatic nitrogens is 1. The fraction of sp³-hybridized carbons (Fsp3) is 0.615. The number of methoxy groups -OCH3 is 1. The molecule has 1 heterocycles. The molecule has 3 nitrogen and oxygen atoms in total. The van der Waals surface area contributed by atoms with Crippen molar-refractivity contribution in [3.8, 4) is 0 Å². The molecule has 0 amide bonds. The Morgan fingerprint density at radius 3 is 2.56 bits per heavy atom. The third kappa shape index (κ3) is 3.91. The van der Waals surface area contributed by atoms with Crippen molar-refractivity contribution in [2.45, 2.75) is 32.9 Å². The zero-order chi connectivity index (χ0) is 12.0. The van der Waals surface area contributed by atoms with Crippen molar-refractivity contribution in [1.29, 1.82) is 0 Å². The second kappa shape index (κ2) is 6.61. The third-order valence-corrected chi connectivity index (χ3v) is 2.55. The molecule has 2 atom stereocenters. The smallest absolute Gasteiger partial charge is 0.0613 e. The third-order valence-electron chi connectivity index (χ3n) is 2.55. The lowest BCUT2D eigenvalue weighted by Crippen LogP contribution is -2.36. The summed E-state index contributed by atoms with van der Waals surface area (Å²) in [4.78, 5) is 4.41. The number of hydrogen-bond acceptors (Lipinski definition) is 3. The highest BCUT2D eigenvalue weighted by molar-refractivity contribution is 5.09. The molecule has 0 saturated heterocycles. The van der Waals surface area contributed by atoms with Gasteiger partial charge in [0.2, 0.25) is 0 Å². The highest BCUT2D eigenvalue weighted by atomic mass is 16.5. The average Bonchev–Trinajstić information content (AvgIpc) is 2.27. The number of nitrogens with one attached hydrogen (secondary N) is 1. The SMILES string of the molecule is COCC(C)NC(c1ccccn1)C(C)C.